The summed E-state index contributed by atoms with van der Waals surface area (Å²) >= 11 is 0. The van der Waals surface area contributed by atoms with Crippen LogP contribution in [0.5, 0.6) is 11.5 Å². The topological polar surface area (TPSA) is 98.7 Å². The average Bonchev–Trinajstić information content (AvgIpc) is 2.98. The van der Waals surface area contributed by atoms with Crippen LogP contribution in [0.3, 0.4) is 0 Å². The number of alkyl carbamates (subject to hydrolysis) is 1. The summed E-state index contributed by atoms with van der Waals surface area (Å²) in [5, 5.41) is 2.87. The molecule has 236 valence electrons. The lowest BCUT2D eigenvalue weighted by atomic mass is 9.98. The van der Waals surface area contributed by atoms with Crippen molar-refractivity contribution in [1.29, 1.82) is 0 Å². The number of fused-ring (bicyclic) bond motifs is 3. The molecular weight excluding hydrogens is 570 g/mol. The standard InChI is InChI=1S/C36H41N3O6/c1-35(2,3)44-33(40)28-17-18-37-32-27(38-34(41)45-36(4,5)6)19-26-20-30(42-22-24-13-9-7-10-14-24)31(21-29(26)39(28)32)43-23-25-15-11-8-12-16-25/h7-16,19-21,28H,17-18,22-23H2,1-6H3,(H,38,41). The Bertz CT molecular complexity index is 1590. The summed E-state index contributed by atoms with van der Waals surface area (Å²) < 4.78 is 24.1. The summed E-state index contributed by atoms with van der Waals surface area (Å²) in [6.07, 6.45) is 1.63. The van der Waals surface area contributed by atoms with E-state index in [-0.39, 0.29) is 5.97 Å². The predicted molar refractivity (Wildman–Crippen MR) is 174 cm³/mol. The van der Waals surface area contributed by atoms with E-state index in [2.05, 4.69) is 5.32 Å². The summed E-state index contributed by atoms with van der Waals surface area (Å²) in [6.45, 7) is 11.9. The Morgan fingerprint density at radius 1 is 0.822 bits per heavy atom. The largest absolute Gasteiger partial charge is 0.485 e. The van der Waals surface area contributed by atoms with Crippen LogP contribution in [-0.2, 0) is 27.5 Å². The number of rotatable bonds is 8. The average molecular weight is 612 g/mol. The van der Waals surface area contributed by atoms with Gasteiger partial charge in [-0.05, 0) is 71.2 Å². The van der Waals surface area contributed by atoms with Crippen LogP contribution in [0.4, 0.5) is 10.5 Å². The van der Waals surface area contributed by atoms with Crippen LogP contribution in [0, 0.1) is 0 Å². The van der Waals surface area contributed by atoms with Crippen molar-refractivity contribution in [1.82, 2.24) is 5.32 Å². The van der Waals surface area contributed by atoms with E-state index < -0.39 is 23.3 Å². The molecule has 0 bridgehead atoms. The number of aliphatic imine (C=N–C) groups is 1. The molecule has 0 radical (unpaired) electrons. The maximum absolute atomic E-state index is 13.6. The Morgan fingerprint density at radius 3 is 1.93 bits per heavy atom. The van der Waals surface area contributed by atoms with Gasteiger partial charge < -0.3 is 23.8 Å². The highest BCUT2D eigenvalue weighted by Gasteiger charge is 2.40. The SMILES string of the molecule is CC(C)(C)OC(=O)NC1=Cc2cc(OCc3ccccc3)c(OCc3ccccc3)cc2N2C1=NCCC2C(=O)OC(C)(C)C. The fourth-order valence-electron chi connectivity index (χ4n) is 5.05. The highest BCUT2D eigenvalue weighted by atomic mass is 16.6. The van der Waals surface area contributed by atoms with Gasteiger partial charge in [-0.3, -0.25) is 10.3 Å². The number of ether oxygens (including phenoxy) is 4. The van der Waals surface area contributed by atoms with Gasteiger partial charge in [-0.1, -0.05) is 60.7 Å². The van der Waals surface area contributed by atoms with Crippen molar-refractivity contribution < 1.29 is 28.5 Å². The van der Waals surface area contributed by atoms with Gasteiger partial charge in [0.2, 0.25) is 0 Å². The van der Waals surface area contributed by atoms with Crippen LogP contribution < -0.4 is 19.7 Å². The number of hydrogen-bond donors (Lipinski definition) is 1. The second kappa shape index (κ2) is 13.1. The minimum Gasteiger partial charge on any atom is -0.485 e. The molecule has 0 saturated carbocycles. The summed E-state index contributed by atoms with van der Waals surface area (Å²) in [6, 6.07) is 22.8. The molecule has 1 unspecified atom stereocenters. The molecule has 2 heterocycles. The Balaban J connectivity index is 1.58. The number of benzene rings is 3. The number of amidine groups is 1. The molecule has 2 aliphatic rings. The van der Waals surface area contributed by atoms with Crippen LogP contribution in [0.1, 0.15) is 64.7 Å². The molecule has 2 aliphatic heterocycles. The van der Waals surface area contributed by atoms with Gasteiger partial charge in [0.25, 0.3) is 0 Å². The van der Waals surface area contributed by atoms with Gasteiger partial charge in [-0.2, -0.15) is 0 Å². The summed E-state index contributed by atoms with van der Waals surface area (Å²) in [5.41, 5.74) is 2.43. The minimum atomic E-state index is -0.701. The summed E-state index contributed by atoms with van der Waals surface area (Å²) in [5.74, 6) is 1.10. The number of carbonyl (C=O) groups is 2. The van der Waals surface area contributed by atoms with Crippen LogP contribution in [0.2, 0.25) is 0 Å². The van der Waals surface area contributed by atoms with Crippen LogP contribution in [0.25, 0.3) is 6.08 Å². The lowest BCUT2D eigenvalue weighted by Crippen LogP contribution is -2.54. The number of nitrogens with one attached hydrogen (secondary N) is 1. The number of esters is 1. The third-order valence-electron chi connectivity index (χ3n) is 6.89. The van der Waals surface area contributed by atoms with Gasteiger partial charge >= 0.3 is 12.1 Å². The predicted octanol–water partition coefficient (Wildman–Crippen LogP) is 7.04. The van der Waals surface area contributed by atoms with Crippen molar-refractivity contribution in [3.05, 3.63) is 95.2 Å². The lowest BCUT2D eigenvalue weighted by Gasteiger charge is -2.40. The molecule has 0 aromatic heterocycles. The van der Waals surface area contributed by atoms with E-state index in [1.165, 1.54) is 0 Å². The van der Waals surface area contributed by atoms with Crippen molar-refractivity contribution in [2.24, 2.45) is 4.99 Å². The van der Waals surface area contributed by atoms with E-state index in [4.69, 9.17) is 23.9 Å². The quantitative estimate of drug-likeness (QED) is 0.273. The second-order valence-electron chi connectivity index (χ2n) is 13.0. The Hall–Kier alpha value is -4.79. The maximum Gasteiger partial charge on any atom is 0.412 e. The molecule has 3 aromatic carbocycles. The molecule has 9 heteroatoms. The molecule has 0 aliphatic carbocycles. The Labute approximate surface area is 264 Å². The van der Waals surface area contributed by atoms with Crippen molar-refractivity contribution in [2.75, 3.05) is 11.4 Å². The molecule has 9 nitrogen and oxygen atoms in total. The van der Waals surface area contributed by atoms with Crippen molar-refractivity contribution in [2.45, 2.75) is 78.4 Å². The first kappa shape index (κ1) is 31.6. The smallest absolute Gasteiger partial charge is 0.412 e. The van der Waals surface area contributed by atoms with Crippen LogP contribution in [0.15, 0.2) is 83.5 Å². The van der Waals surface area contributed by atoms with E-state index >= 15 is 0 Å². The molecule has 1 amide bonds. The van der Waals surface area contributed by atoms with Crippen molar-refractivity contribution >= 4 is 29.7 Å². The second-order valence-corrected chi connectivity index (χ2v) is 13.0. The molecule has 0 spiro atoms. The van der Waals surface area contributed by atoms with Gasteiger partial charge in [0.15, 0.2) is 17.3 Å². The van der Waals surface area contributed by atoms with Gasteiger partial charge in [0.1, 0.15) is 30.5 Å². The fraction of sp³-hybridized carbons (Fsp3) is 0.361. The van der Waals surface area contributed by atoms with Crippen molar-refractivity contribution in [3.8, 4) is 11.5 Å². The lowest BCUT2D eigenvalue weighted by molar-refractivity contribution is -0.156. The van der Waals surface area contributed by atoms with E-state index in [1.54, 1.807) is 20.8 Å². The van der Waals surface area contributed by atoms with Gasteiger partial charge in [-0.25, -0.2) is 9.59 Å². The van der Waals surface area contributed by atoms with Gasteiger partial charge in [0.05, 0.1) is 11.4 Å². The molecule has 5 rings (SSSR count). The molecule has 0 saturated heterocycles. The zero-order valence-corrected chi connectivity index (χ0v) is 26.8. The monoisotopic (exact) mass is 611 g/mol. The third-order valence-corrected chi connectivity index (χ3v) is 6.89. The van der Waals surface area contributed by atoms with Gasteiger partial charge in [-0.15, -0.1) is 0 Å². The number of hydrogen-bond acceptors (Lipinski definition) is 8. The molecule has 1 atom stereocenters. The van der Waals surface area contributed by atoms with Crippen LogP contribution >= 0.6 is 0 Å². The third kappa shape index (κ3) is 8.23. The van der Waals surface area contributed by atoms with Gasteiger partial charge in [0, 0.05) is 18.2 Å². The Morgan fingerprint density at radius 2 is 1.38 bits per heavy atom. The Kier molecular flexibility index (Phi) is 9.18. The molecule has 45 heavy (non-hydrogen) atoms. The van der Waals surface area contributed by atoms with Crippen molar-refractivity contribution in [3.63, 3.8) is 0 Å². The van der Waals surface area contributed by atoms with E-state index in [1.807, 2.05) is 105 Å². The molecule has 1 N–H and O–H groups in total. The first-order valence-electron chi connectivity index (χ1n) is 15.2. The highest BCUT2D eigenvalue weighted by Crippen LogP contribution is 2.42. The first-order valence-corrected chi connectivity index (χ1v) is 15.2. The number of nitrogens with zero attached hydrogens (tertiary/aromatic N) is 2. The zero-order valence-electron chi connectivity index (χ0n) is 26.8. The molecule has 0 fully saturated rings. The maximum atomic E-state index is 13.6. The zero-order chi connectivity index (χ0) is 32.2. The van der Waals surface area contributed by atoms with E-state index in [0.29, 0.717) is 60.5 Å². The number of anilines is 1. The highest BCUT2D eigenvalue weighted by molar-refractivity contribution is 6.19. The van der Waals surface area contributed by atoms with E-state index in [0.717, 1.165) is 11.1 Å². The molecule has 3 aromatic rings. The number of amides is 1. The van der Waals surface area contributed by atoms with Crippen LogP contribution in [-0.4, -0.2) is 41.7 Å². The minimum absolute atomic E-state index is 0.319. The summed E-state index contributed by atoms with van der Waals surface area (Å²) in [4.78, 5) is 33.1. The normalized spacial score (nSPS) is 16.0. The summed E-state index contributed by atoms with van der Waals surface area (Å²) in [7, 11) is 0. The first-order chi connectivity index (χ1) is 21.4. The fourth-order valence-corrected chi connectivity index (χ4v) is 5.05. The molecular formula is C36H41N3O6. The number of carbonyl (C=O) groups excluding carboxylic acids is 2. The van der Waals surface area contributed by atoms with E-state index in [9.17, 15) is 9.59 Å².